The van der Waals surface area contributed by atoms with Gasteiger partial charge in [0, 0.05) is 11.1 Å². The Kier molecular flexibility index (Phi) is 6.86. The third-order valence-electron chi connectivity index (χ3n) is 11.2. The Balaban J connectivity index is 1.59. The Morgan fingerprint density at radius 3 is 1.25 bits per heavy atom. The van der Waals surface area contributed by atoms with Crippen LogP contribution in [0.15, 0.2) is 133 Å². The molecule has 0 bridgehead atoms. The Labute approximate surface area is 310 Å². The van der Waals surface area contributed by atoms with E-state index in [0.717, 1.165) is 11.1 Å². The number of benzene rings is 6. The molecule has 0 saturated heterocycles. The van der Waals surface area contributed by atoms with Crippen LogP contribution in [0.3, 0.4) is 0 Å². The number of fused-ring (bicyclic) bond motifs is 11. The molecule has 6 aromatic carbocycles. The summed E-state index contributed by atoms with van der Waals surface area (Å²) in [6, 6.07) is 47.9. The highest BCUT2D eigenvalue weighted by molar-refractivity contribution is 6.84. The van der Waals surface area contributed by atoms with Crippen LogP contribution in [0, 0.1) is 52.0 Å². The second-order valence-electron chi connectivity index (χ2n) is 16.7. The van der Waals surface area contributed by atoms with Gasteiger partial charge in [0.15, 0.2) is 0 Å². The van der Waals surface area contributed by atoms with Gasteiger partial charge in [-0.05, 0) is 68.1 Å². The molecule has 2 heteroatoms. The van der Waals surface area contributed by atoms with Gasteiger partial charge in [0.05, 0.1) is 10.8 Å². The average Bonchev–Trinajstić information content (AvgIpc) is 3.51. The third-order valence-corrected chi connectivity index (χ3v) is 12.9. The second kappa shape index (κ2) is 11.0. The van der Waals surface area contributed by atoms with E-state index >= 15 is 0 Å². The zero-order valence-corrected chi connectivity index (χ0v) is 32.7. The molecule has 0 aliphatic heterocycles. The summed E-state index contributed by atoms with van der Waals surface area (Å²) in [4.78, 5) is 0. The molecule has 0 N–H and O–H groups in total. The first-order valence-electron chi connectivity index (χ1n) is 18.3. The van der Waals surface area contributed by atoms with E-state index in [-0.39, 0.29) is 0 Å². The molecule has 0 aromatic heterocycles. The second-order valence-corrected chi connectivity index (χ2v) is 26.2. The lowest BCUT2D eigenvalue weighted by molar-refractivity contribution is 0.483. The van der Waals surface area contributed by atoms with Crippen LogP contribution in [0.4, 0.5) is 0 Å². The molecule has 0 spiro atoms. The lowest BCUT2D eigenvalue weighted by Gasteiger charge is -2.32. The Hall–Kier alpha value is -5.49. The van der Waals surface area contributed by atoms with Crippen LogP contribution in [0.2, 0.25) is 39.3 Å². The molecular weight excluding hydrogens is 657 g/mol. The highest BCUT2D eigenvalue weighted by Crippen LogP contribution is 2.93. The predicted molar refractivity (Wildman–Crippen MR) is 223 cm³/mol. The van der Waals surface area contributed by atoms with Crippen molar-refractivity contribution in [3.05, 3.63) is 167 Å². The van der Waals surface area contributed by atoms with Crippen molar-refractivity contribution in [3.63, 3.8) is 0 Å². The summed E-state index contributed by atoms with van der Waals surface area (Å²) in [5.74, 6) is 24.1. The molecule has 248 valence electrons. The van der Waals surface area contributed by atoms with Crippen LogP contribution in [0.25, 0.3) is 21.5 Å². The molecule has 52 heavy (non-hydrogen) atoms. The minimum absolute atomic E-state index is 0.686. The first-order chi connectivity index (χ1) is 25.0. The molecule has 1 saturated carbocycles. The van der Waals surface area contributed by atoms with Crippen molar-refractivity contribution in [2.24, 2.45) is 5.41 Å². The van der Waals surface area contributed by atoms with Gasteiger partial charge in [-0.2, -0.15) is 0 Å². The minimum atomic E-state index is -1.88. The number of hydrogen-bond donors (Lipinski definition) is 0. The molecule has 9 rings (SSSR count). The van der Waals surface area contributed by atoms with Crippen LogP contribution in [-0.4, -0.2) is 16.1 Å². The maximum atomic E-state index is 4.15. The zero-order chi connectivity index (χ0) is 36.0. The number of hydrogen-bond acceptors (Lipinski definition) is 0. The summed E-state index contributed by atoms with van der Waals surface area (Å²) in [5.41, 5.74) is 11.9. The topological polar surface area (TPSA) is 0 Å². The quantitative estimate of drug-likeness (QED) is 0.110. The van der Waals surface area contributed by atoms with Gasteiger partial charge in [-0.25, -0.2) is 0 Å². The first-order valence-corrected chi connectivity index (χ1v) is 25.3. The SMILES string of the molecule is C[Si](C)(C)C#CC12c3ccc4ccccc4c3C3(C#Cc4ccccc4)c4c(ccc5ccccc45)C1(C#C[Si](C)(C)C)C32C#Cc1ccccc1. The summed E-state index contributed by atoms with van der Waals surface area (Å²) in [6.07, 6.45) is 0. The van der Waals surface area contributed by atoms with E-state index in [1.54, 1.807) is 0 Å². The maximum absolute atomic E-state index is 4.15. The van der Waals surface area contributed by atoms with Crippen molar-refractivity contribution in [1.82, 2.24) is 0 Å². The van der Waals surface area contributed by atoms with Gasteiger partial charge >= 0.3 is 0 Å². The van der Waals surface area contributed by atoms with E-state index in [1.165, 1.54) is 43.8 Å². The van der Waals surface area contributed by atoms with E-state index in [4.69, 9.17) is 0 Å². The molecule has 3 aliphatic carbocycles. The Morgan fingerprint density at radius 2 is 0.808 bits per heavy atom. The molecule has 0 radical (unpaired) electrons. The van der Waals surface area contributed by atoms with Gasteiger partial charge in [-0.3, -0.25) is 0 Å². The summed E-state index contributed by atoms with van der Waals surface area (Å²) in [5, 5.41) is 4.85. The van der Waals surface area contributed by atoms with Gasteiger partial charge in [-0.1, -0.05) is 184 Å². The van der Waals surface area contributed by atoms with Gasteiger partial charge in [0.25, 0.3) is 0 Å². The largest absolute Gasteiger partial charge is 0.131 e. The van der Waals surface area contributed by atoms with E-state index in [1.807, 2.05) is 0 Å². The highest BCUT2D eigenvalue weighted by Gasteiger charge is 3.01. The predicted octanol–water partition coefficient (Wildman–Crippen LogP) is 10.6. The van der Waals surface area contributed by atoms with Gasteiger partial charge < -0.3 is 0 Å². The van der Waals surface area contributed by atoms with Crippen LogP contribution in [0.5, 0.6) is 0 Å². The molecular formula is C50H40Si2. The number of rotatable bonds is 0. The normalized spacial score (nSPS) is 24.4. The zero-order valence-electron chi connectivity index (χ0n) is 30.7. The summed E-state index contributed by atoms with van der Waals surface area (Å²) in [7, 11) is -3.75. The van der Waals surface area contributed by atoms with Gasteiger partial charge in [-0.15, -0.1) is 11.1 Å². The van der Waals surface area contributed by atoms with Crippen LogP contribution < -0.4 is 0 Å². The summed E-state index contributed by atoms with van der Waals surface area (Å²) < 4.78 is 0. The summed E-state index contributed by atoms with van der Waals surface area (Å²) >= 11 is 0. The average molecular weight is 697 g/mol. The summed E-state index contributed by atoms with van der Waals surface area (Å²) in [6.45, 7) is 14.1. The van der Waals surface area contributed by atoms with E-state index in [9.17, 15) is 0 Å². The molecule has 0 nitrogen and oxygen atoms in total. The van der Waals surface area contributed by atoms with Crippen molar-refractivity contribution in [3.8, 4) is 46.6 Å². The molecule has 2 unspecified atom stereocenters. The molecule has 0 heterocycles. The standard InChI is InChI=1S/C50H40Si2/c1-51(2,3)35-33-48-43-27-25-39-21-13-15-23-41(39)45(43)47(31-29-37-17-9-7-10-18-37)46-42-24-16-14-22-40(42)26-28-44(46)49(48,34-36-52(4,5)6)50(47,48)32-30-38-19-11-8-12-20-38/h7-28H,1-6H3. The first kappa shape index (κ1) is 32.4. The highest BCUT2D eigenvalue weighted by atomic mass is 28.3. The van der Waals surface area contributed by atoms with Crippen LogP contribution in [-0.2, 0) is 16.2 Å². The van der Waals surface area contributed by atoms with E-state index in [2.05, 4.69) is 219 Å². The van der Waals surface area contributed by atoms with Crippen molar-refractivity contribution in [2.45, 2.75) is 55.5 Å². The fourth-order valence-electron chi connectivity index (χ4n) is 9.36. The molecule has 1 fully saturated rings. The van der Waals surface area contributed by atoms with Crippen molar-refractivity contribution in [2.75, 3.05) is 0 Å². The van der Waals surface area contributed by atoms with Gasteiger partial charge in [0.2, 0.25) is 0 Å². The molecule has 6 aromatic rings. The monoisotopic (exact) mass is 696 g/mol. The fraction of sp³-hybridized carbons (Fsp3) is 0.200. The third kappa shape index (κ3) is 4.15. The van der Waals surface area contributed by atoms with Crippen molar-refractivity contribution < 1.29 is 0 Å². The van der Waals surface area contributed by atoms with E-state index < -0.39 is 37.8 Å². The smallest absolute Gasteiger partial charge is 0.129 e. The molecule has 0 amide bonds. The lowest BCUT2D eigenvalue weighted by Crippen LogP contribution is -2.35. The van der Waals surface area contributed by atoms with Crippen molar-refractivity contribution in [1.29, 1.82) is 0 Å². The molecule has 3 aliphatic rings. The Morgan fingerprint density at radius 1 is 0.404 bits per heavy atom. The minimum Gasteiger partial charge on any atom is -0.131 e. The maximum Gasteiger partial charge on any atom is 0.129 e. The fourth-order valence-corrected chi connectivity index (χ4v) is 10.5. The lowest BCUT2D eigenvalue weighted by atomic mass is 9.66. The van der Waals surface area contributed by atoms with Crippen molar-refractivity contribution >= 4 is 37.7 Å². The molecule has 2 atom stereocenters. The van der Waals surface area contributed by atoms with Gasteiger partial charge in [0.1, 0.15) is 27.0 Å². The Bertz CT molecular complexity index is 2600. The van der Waals surface area contributed by atoms with Crippen LogP contribution in [0.1, 0.15) is 33.4 Å². The van der Waals surface area contributed by atoms with E-state index in [0.29, 0.717) is 0 Å². The van der Waals surface area contributed by atoms with Crippen LogP contribution >= 0.6 is 0 Å².